The van der Waals surface area contributed by atoms with Gasteiger partial charge in [-0.1, -0.05) is 12.1 Å². The summed E-state index contributed by atoms with van der Waals surface area (Å²) in [6, 6.07) is 6.97. The van der Waals surface area contributed by atoms with Crippen molar-refractivity contribution >= 4 is 11.6 Å². The predicted octanol–water partition coefficient (Wildman–Crippen LogP) is 0.359. The molecule has 2 rings (SSSR count). The number of hydrogen-bond donors (Lipinski definition) is 3. The first-order chi connectivity index (χ1) is 8.27. The number of nitrogens with one attached hydrogen (secondary N) is 2. The predicted molar refractivity (Wildman–Crippen MR) is 63.3 cm³/mol. The van der Waals surface area contributed by atoms with Crippen molar-refractivity contribution in [1.82, 2.24) is 20.5 Å². The molecule has 0 spiro atoms. The van der Waals surface area contributed by atoms with Crippen LogP contribution in [0, 0.1) is 0 Å². The van der Waals surface area contributed by atoms with Crippen LogP contribution in [0.25, 0.3) is 0 Å². The smallest absolute Gasteiger partial charge is 0.253 e. The molecule has 0 unspecified atom stereocenters. The Kier molecular flexibility index (Phi) is 3.34. The maximum Gasteiger partial charge on any atom is 0.253 e. The second kappa shape index (κ2) is 5.11. The number of hydrogen-bond acceptors (Lipinski definition) is 4. The maximum atomic E-state index is 11.8. The minimum Gasteiger partial charge on any atom is -0.398 e. The third-order valence-electron chi connectivity index (χ3n) is 2.32. The summed E-state index contributed by atoms with van der Waals surface area (Å²) in [4.78, 5) is 15.7. The van der Waals surface area contributed by atoms with Gasteiger partial charge in [-0.25, -0.2) is 4.98 Å². The van der Waals surface area contributed by atoms with E-state index in [1.807, 2.05) is 0 Å². The minimum atomic E-state index is -0.178. The Labute approximate surface area is 98.3 Å². The van der Waals surface area contributed by atoms with Crippen molar-refractivity contribution in [3.63, 3.8) is 0 Å². The SMILES string of the molecule is Nc1ccccc1C(=O)NCCc1ncn[nH]1. The van der Waals surface area contributed by atoms with E-state index < -0.39 is 0 Å². The summed E-state index contributed by atoms with van der Waals surface area (Å²) in [7, 11) is 0. The van der Waals surface area contributed by atoms with Gasteiger partial charge in [-0.15, -0.1) is 0 Å². The van der Waals surface area contributed by atoms with Crippen LogP contribution in [0.2, 0.25) is 0 Å². The van der Waals surface area contributed by atoms with E-state index in [0.29, 0.717) is 24.2 Å². The number of benzene rings is 1. The van der Waals surface area contributed by atoms with Gasteiger partial charge in [0.1, 0.15) is 12.2 Å². The first kappa shape index (κ1) is 11.1. The Balaban J connectivity index is 1.88. The van der Waals surface area contributed by atoms with E-state index in [1.54, 1.807) is 24.3 Å². The summed E-state index contributed by atoms with van der Waals surface area (Å²) >= 11 is 0. The van der Waals surface area contributed by atoms with E-state index >= 15 is 0 Å². The molecule has 2 aromatic rings. The summed E-state index contributed by atoms with van der Waals surface area (Å²) in [6.45, 7) is 0.488. The molecule has 0 fully saturated rings. The Morgan fingerprint density at radius 1 is 1.41 bits per heavy atom. The van der Waals surface area contributed by atoms with Gasteiger partial charge in [0.05, 0.1) is 5.56 Å². The Bertz CT molecular complexity index is 494. The Morgan fingerprint density at radius 3 is 2.94 bits per heavy atom. The van der Waals surface area contributed by atoms with Gasteiger partial charge in [-0.3, -0.25) is 9.89 Å². The highest BCUT2D eigenvalue weighted by Crippen LogP contribution is 2.09. The van der Waals surface area contributed by atoms with Crippen LogP contribution in [0.15, 0.2) is 30.6 Å². The lowest BCUT2D eigenvalue weighted by atomic mass is 10.1. The standard InChI is InChI=1S/C11H13N5O/c12-9-4-2-1-3-8(9)11(17)13-6-5-10-14-7-15-16-10/h1-4,7H,5-6,12H2,(H,13,17)(H,14,15,16). The molecule has 0 radical (unpaired) electrons. The molecule has 0 aliphatic carbocycles. The topological polar surface area (TPSA) is 96.7 Å². The maximum absolute atomic E-state index is 11.8. The molecule has 88 valence electrons. The zero-order valence-corrected chi connectivity index (χ0v) is 9.18. The van der Waals surface area contributed by atoms with Crippen LogP contribution in [0.5, 0.6) is 0 Å². The van der Waals surface area contributed by atoms with E-state index in [4.69, 9.17) is 5.73 Å². The quantitative estimate of drug-likeness (QED) is 0.662. The molecule has 1 aromatic heterocycles. The zero-order valence-electron chi connectivity index (χ0n) is 9.18. The highest BCUT2D eigenvalue weighted by Gasteiger charge is 2.07. The molecule has 0 saturated heterocycles. The number of H-pyrrole nitrogens is 1. The Morgan fingerprint density at radius 2 is 2.24 bits per heavy atom. The van der Waals surface area contributed by atoms with Crippen molar-refractivity contribution in [3.05, 3.63) is 42.0 Å². The van der Waals surface area contributed by atoms with E-state index in [-0.39, 0.29) is 5.91 Å². The molecule has 17 heavy (non-hydrogen) atoms. The highest BCUT2D eigenvalue weighted by atomic mass is 16.1. The van der Waals surface area contributed by atoms with Crippen molar-refractivity contribution < 1.29 is 4.79 Å². The molecule has 6 heteroatoms. The molecular formula is C11H13N5O. The normalized spacial score (nSPS) is 10.1. The number of carbonyl (C=O) groups excluding carboxylic acids is 1. The molecule has 0 bridgehead atoms. The van der Waals surface area contributed by atoms with E-state index in [9.17, 15) is 4.79 Å². The van der Waals surface area contributed by atoms with Gasteiger partial charge in [0.15, 0.2) is 0 Å². The number of aromatic amines is 1. The molecule has 0 aliphatic rings. The van der Waals surface area contributed by atoms with Crippen molar-refractivity contribution in [2.75, 3.05) is 12.3 Å². The summed E-state index contributed by atoms with van der Waals surface area (Å²) in [6.07, 6.45) is 2.05. The lowest BCUT2D eigenvalue weighted by Gasteiger charge is -2.06. The molecule has 0 saturated carbocycles. The molecule has 1 heterocycles. The monoisotopic (exact) mass is 231 g/mol. The lowest BCUT2D eigenvalue weighted by molar-refractivity contribution is 0.0955. The van der Waals surface area contributed by atoms with Gasteiger partial charge in [-0.2, -0.15) is 5.10 Å². The van der Waals surface area contributed by atoms with Gasteiger partial charge in [0.2, 0.25) is 0 Å². The van der Waals surface area contributed by atoms with Crippen molar-refractivity contribution in [1.29, 1.82) is 0 Å². The van der Waals surface area contributed by atoms with Gasteiger partial charge in [-0.05, 0) is 12.1 Å². The van der Waals surface area contributed by atoms with Crippen LogP contribution < -0.4 is 11.1 Å². The molecule has 4 N–H and O–H groups in total. The summed E-state index contributed by atoms with van der Waals surface area (Å²) in [5.41, 5.74) is 6.67. The summed E-state index contributed by atoms with van der Waals surface area (Å²) in [5.74, 6) is 0.564. The number of nitrogens with two attached hydrogens (primary N) is 1. The molecule has 1 aromatic carbocycles. The molecule has 0 aliphatic heterocycles. The zero-order chi connectivity index (χ0) is 12.1. The third kappa shape index (κ3) is 2.81. The Hall–Kier alpha value is -2.37. The average Bonchev–Trinajstić information content (AvgIpc) is 2.82. The number of rotatable bonds is 4. The minimum absolute atomic E-state index is 0.178. The van der Waals surface area contributed by atoms with Gasteiger partial charge < -0.3 is 11.1 Å². The fourth-order valence-corrected chi connectivity index (χ4v) is 1.44. The fourth-order valence-electron chi connectivity index (χ4n) is 1.44. The van der Waals surface area contributed by atoms with Gasteiger partial charge >= 0.3 is 0 Å². The van der Waals surface area contributed by atoms with Crippen LogP contribution in [0.1, 0.15) is 16.2 Å². The second-order valence-corrected chi connectivity index (χ2v) is 3.53. The van der Waals surface area contributed by atoms with Crippen LogP contribution in [-0.4, -0.2) is 27.6 Å². The molecule has 1 amide bonds. The molecule has 0 atom stereocenters. The summed E-state index contributed by atoms with van der Waals surface area (Å²) in [5, 5.41) is 9.22. The van der Waals surface area contributed by atoms with Crippen LogP contribution in [0.4, 0.5) is 5.69 Å². The van der Waals surface area contributed by atoms with Crippen molar-refractivity contribution in [3.8, 4) is 0 Å². The summed E-state index contributed by atoms with van der Waals surface area (Å²) < 4.78 is 0. The number of carbonyl (C=O) groups is 1. The number of nitrogens with zero attached hydrogens (tertiary/aromatic N) is 2. The molecular weight excluding hydrogens is 218 g/mol. The number of para-hydroxylation sites is 1. The number of nitrogen functional groups attached to an aromatic ring is 1. The third-order valence-corrected chi connectivity index (χ3v) is 2.32. The second-order valence-electron chi connectivity index (χ2n) is 3.53. The van der Waals surface area contributed by atoms with Gasteiger partial charge in [0, 0.05) is 18.7 Å². The van der Waals surface area contributed by atoms with Gasteiger partial charge in [0.25, 0.3) is 5.91 Å². The van der Waals surface area contributed by atoms with E-state index in [2.05, 4.69) is 20.5 Å². The first-order valence-electron chi connectivity index (χ1n) is 5.24. The molecule has 6 nitrogen and oxygen atoms in total. The van der Waals surface area contributed by atoms with Crippen molar-refractivity contribution in [2.24, 2.45) is 0 Å². The van der Waals surface area contributed by atoms with E-state index in [0.717, 1.165) is 5.82 Å². The van der Waals surface area contributed by atoms with E-state index in [1.165, 1.54) is 6.33 Å². The van der Waals surface area contributed by atoms with Crippen LogP contribution in [0.3, 0.4) is 0 Å². The lowest BCUT2D eigenvalue weighted by Crippen LogP contribution is -2.26. The first-order valence-corrected chi connectivity index (χ1v) is 5.24. The average molecular weight is 231 g/mol. The number of aromatic nitrogens is 3. The van der Waals surface area contributed by atoms with Crippen molar-refractivity contribution in [2.45, 2.75) is 6.42 Å². The highest BCUT2D eigenvalue weighted by molar-refractivity contribution is 5.99. The largest absolute Gasteiger partial charge is 0.398 e. The number of amides is 1. The van der Waals surface area contributed by atoms with Crippen LogP contribution in [-0.2, 0) is 6.42 Å². The fraction of sp³-hybridized carbons (Fsp3) is 0.182. The van der Waals surface area contributed by atoms with Crippen LogP contribution >= 0.6 is 0 Å². The number of anilines is 1.